The third-order valence-electron chi connectivity index (χ3n) is 4.30. The Morgan fingerprint density at radius 1 is 1.36 bits per heavy atom. The molecule has 0 radical (unpaired) electrons. The molecule has 1 aromatic carbocycles. The first kappa shape index (κ1) is 17.5. The molecule has 8 heteroatoms. The van der Waals surface area contributed by atoms with Gasteiger partial charge in [-0.3, -0.25) is 4.79 Å². The lowest BCUT2D eigenvalue weighted by atomic mass is 10.1. The van der Waals surface area contributed by atoms with Crippen LogP contribution in [0.25, 0.3) is 5.69 Å². The van der Waals surface area contributed by atoms with E-state index in [1.54, 1.807) is 29.2 Å². The van der Waals surface area contributed by atoms with Gasteiger partial charge in [0.15, 0.2) is 5.69 Å². The van der Waals surface area contributed by atoms with Gasteiger partial charge in [0.05, 0.1) is 5.69 Å². The van der Waals surface area contributed by atoms with Crippen molar-refractivity contribution in [1.29, 1.82) is 0 Å². The van der Waals surface area contributed by atoms with Crippen LogP contribution in [-0.4, -0.2) is 47.3 Å². The molecule has 1 aliphatic heterocycles. The highest BCUT2D eigenvalue weighted by Gasteiger charge is 2.33. The Morgan fingerprint density at radius 2 is 2.16 bits per heavy atom. The van der Waals surface area contributed by atoms with Crippen LogP contribution in [0.2, 0.25) is 0 Å². The number of aromatic nitrogens is 2. The Morgan fingerprint density at radius 3 is 2.84 bits per heavy atom. The zero-order chi connectivity index (χ0) is 18.0. The van der Waals surface area contributed by atoms with Crippen molar-refractivity contribution in [2.45, 2.75) is 12.6 Å². The van der Waals surface area contributed by atoms with Gasteiger partial charge < -0.3 is 10.2 Å². The summed E-state index contributed by atoms with van der Waals surface area (Å²) in [4.78, 5) is 14.4. The molecule has 1 atom stereocenters. The van der Waals surface area contributed by atoms with E-state index < -0.39 is 11.9 Å². The second-order valence-electron chi connectivity index (χ2n) is 6.16. The summed E-state index contributed by atoms with van der Waals surface area (Å²) in [7, 11) is 1.88. The van der Waals surface area contributed by atoms with Crippen LogP contribution in [0.15, 0.2) is 36.5 Å². The van der Waals surface area contributed by atoms with Crippen molar-refractivity contribution in [2.75, 3.05) is 26.7 Å². The minimum Gasteiger partial charge on any atom is -0.338 e. The number of amides is 1. The van der Waals surface area contributed by atoms with Crippen molar-refractivity contribution in [3.05, 3.63) is 47.8 Å². The molecule has 3 rings (SSSR count). The summed E-state index contributed by atoms with van der Waals surface area (Å²) >= 11 is 0. The van der Waals surface area contributed by atoms with Gasteiger partial charge in [-0.05, 0) is 50.2 Å². The number of halogens is 3. The molecule has 2 heterocycles. The number of likely N-dealkylation sites (tertiary alicyclic amines) is 1. The highest BCUT2D eigenvalue weighted by atomic mass is 19.4. The summed E-state index contributed by atoms with van der Waals surface area (Å²) in [5.41, 5.74) is -0.0855. The lowest BCUT2D eigenvalue weighted by Crippen LogP contribution is -2.30. The molecule has 1 amide bonds. The molecule has 1 saturated heterocycles. The maximum Gasteiger partial charge on any atom is 0.435 e. The normalized spacial score (nSPS) is 17.9. The van der Waals surface area contributed by atoms with Gasteiger partial charge in [0.1, 0.15) is 0 Å². The van der Waals surface area contributed by atoms with E-state index in [2.05, 4.69) is 10.4 Å². The maximum atomic E-state index is 12.7. The van der Waals surface area contributed by atoms with Crippen LogP contribution >= 0.6 is 0 Å². The van der Waals surface area contributed by atoms with Crippen molar-refractivity contribution >= 4 is 5.91 Å². The molecule has 5 nitrogen and oxygen atoms in total. The van der Waals surface area contributed by atoms with E-state index >= 15 is 0 Å². The molecule has 1 N–H and O–H groups in total. The molecule has 25 heavy (non-hydrogen) atoms. The van der Waals surface area contributed by atoms with Crippen LogP contribution in [0.1, 0.15) is 22.5 Å². The monoisotopic (exact) mass is 352 g/mol. The first-order valence-electron chi connectivity index (χ1n) is 8.05. The minimum absolute atomic E-state index is 0.108. The summed E-state index contributed by atoms with van der Waals surface area (Å²) in [6, 6.07) is 7.43. The number of carbonyl (C=O) groups is 1. The summed E-state index contributed by atoms with van der Waals surface area (Å²) in [6.07, 6.45) is -2.30. The van der Waals surface area contributed by atoms with Crippen LogP contribution in [0, 0.1) is 5.92 Å². The first-order chi connectivity index (χ1) is 11.9. The molecular weight excluding hydrogens is 333 g/mol. The molecule has 1 aromatic heterocycles. The van der Waals surface area contributed by atoms with Crippen LogP contribution in [0.3, 0.4) is 0 Å². The molecular formula is C17H19F3N4O. The minimum atomic E-state index is -4.49. The van der Waals surface area contributed by atoms with E-state index in [0.29, 0.717) is 30.3 Å². The average molecular weight is 352 g/mol. The lowest BCUT2D eigenvalue weighted by Gasteiger charge is -2.17. The first-order valence-corrected chi connectivity index (χ1v) is 8.05. The number of hydrogen-bond donors (Lipinski definition) is 1. The van der Waals surface area contributed by atoms with Crippen molar-refractivity contribution < 1.29 is 18.0 Å². The standard InChI is InChI=1S/C17H19F3N4O/c1-21-10-12-5-7-23(11-12)16(25)13-3-2-4-14(9-13)24-8-6-15(22-24)17(18,19)20/h2-4,6,8-9,12,21H,5,7,10-11H2,1H3/t12-/m1/s1. The smallest absolute Gasteiger partial charge is 0.338 e. The van der Waals surface area contributed by atoms with E-state index in [0.717, 1.165) is 23.7 Å². The number of rotatable bonds is 4. The molecule has 0 bridgehead atoms. The topological polar surface area (TPSA) is 50.2 Å². The molecule has 1 aliphatic rings. The van der Waals surface area contributed by atoms with Gasteiger partial charge in [-0.2, -0.15) is 18.3 Å². The Kier molecular flexibility index (Phi) is 4.80. The predicted octanol–water partition coefficient (Wildman–Crippen LogP) is 2.57. The maximum absolute atomic E-state index is 12.7. The molecule has 0 aliphatic carbocycles. The molecule has 0 unspecified atom stereocenters. The van der Waals surface area contributed by atoms with Crippen molar-refractivity contribution in [1.82, 2.24) is 20.0 Å². The lowest BCUT2D eigenvalue weighted by molar-refractivity contribution is -0.141. The Bertz CT molecular complexity index is 756. The molecule has 0 spiro atoms. The zero-order valence-electron chi connectivity index (χ0n) is 13.8. The van der Waals surface area contributed by atoms with Crippen LogP contribution in [-0.2, 0) is 6.18 Å². The van der Waals surface area contributed by atoms with Gasteiger partial charge in [0.25, 0.3) is 5.91 Å². The van der Waals surface area contributed by atoms with E-state index in [9.17, 15) is 18.0 Å². The summed E-state index contributed by atoms with van der Waals surface area (Å²) < 4.78 is 39.2. The van der Waals surface area contributed by atoms with E-state index in [4.69, 9.17) is 0 Å². The van der Waals surface area contributed by atoms with Gasteiger partial charge in [-0.1, -0.05) is 6.07 Å². The molecule has 1 fully saturated rings. The summed E-state index contributed by atoms with van der Waals surface area (Å²) in [5, 5.41) is 6.66. The van der Waals surface area contributed by atoms with Crippen molar-refractivity contribution in [3.8, 4) is 5.69 Å². The number of alkyl halides is 3. The summed E-state index contributed by atoms with van der Waals surface area (Å²) in [6.45, 7) is 2.23. The number of nitrogens with zero attached hydrogens (tertiary/aromatic N) is 3. The molecule has 134 valence electrons. The number of hydrogen-bond acceptors (Lipinski definition) is 3. The van der Waals surface area contributed by atoms with Gasteiger partial charge >= 0.3 is 6.18 Å². The van der Waals surface area contributed by atoms with Gasteiger partial charge in [0, 0.05) is 24.8 Å². The predicted molar refractivity (Wildman–Crippen MR) is 86.5 cm³/mol. The fourth-order valence-electron chi connectivity index (χ4n) is 3.06. The van der Waals surface area contributed by atoms with Gasteiger partial charge in [-0.25, -0.2) is 4.68 Å². The second-order valence-corrected chi connectivity index (χ2v) is 6.16. The third-order valence-corrected chi connectivity index (χ3v) is 4.30. The number of carbonyl (C=O) groups excluding carboxylic acids is 1. The Hall–Kier alpha value is -2.35. The van der Waals surface area contributed by atoms with Crippen molar-refractivity contribution in [3.63, 3.8) is 0 Å². The average Bonchev–Trinajstić information content (AvgIpc) is 3.24. The van der Waals surface area contributed by atoms with E-state index in [-0.39, 0.29) is 5.91 Å². The Balaban J connectivity index is 1.78. The summed E-state index contributed by atoms with van der Waals surface area (Å²) in [5.74, 6) is 0.321. The second kappa shape index (κ2) is 6.87. The number of benzene rings is 1. The number of nitrogens with one attached hydrogen (secondary N) is 1. The fourth-order valence-corrected chi connectivity index (χ4v) is 3.06. The fraction of sp³-hybridized carbons (Fsp3) is 0.412. The van der Waals surface area contributed by atoms with E-state index in [1.807, 2.05) is 7.05 Å². The van der Waals surface area contributed by atoms with E-state index in [1.165, 1.54) is 6.20 Å². The highest BCUT2D eigenvalue weighted by molar-refractivity contribution is 5.95. The van der Waals surface area contributed by atoms with Crippen LogP contribution < -0.4 is 5.32 Å². The quantitative estimate of drug-likeness (QED) is 0.920. The Labute approximate surface area is 143 Å². The zero-order valence-corrected chi connectivity index (χ0v) is 13.8. The van der Waals surface area contributed by atoms with Crippen molar-refractivity contribution in [2.24, 2.45) is 5.92 Å². The van der Waals surface area contributed by atoms with Gasteiger partial charge in [0.2, 0.25) is 0 Å². The van der Waals surface area contributed by atoms with Gasteiger partial charge in [-0.15, -0.1) is 0 Å². The highest BCUT2D eigenvalue weighted by Crippen LogP contribution is 2.28. The molecule has 2 aromatic rings. The van der Waals surface area contributed by atoms with Crippen LogP contribution in [0.5, 0.6) is 0 Å². The third kappa shape index (κ3) is 3.84. The van der Waals surface area contributed by atoms with Crippen LogP contribution in [0.4, 0.5) is 13.2 Å². The molecule has 0 saturated carbocycles. The largest absolute Gasteiger partial charge is 0.435 e. The SMILES string of the molecule is CNC[C@H]1CCN(C(=O)c2cccc(-n3ccc(C(F)(F)F)n3)c2)C1.